The summed E-state index contributed by atoms with van der Waals surface area (Å²) in [5.41, 5.74) is 3.46. The molecule has 0 aliphatic rings. The summed E-state index contributed by atoms with van der Waals surface area (Å²) in [5, 5.41) is 1.05. The highest BCUT2D eigenvalue weighted by atomic mass is 16.5. The van der Waals surface area contributed by atoms with Crippen molar-refractivity contribution < 1.29 is 4.74 Å². The van der Waals surface area contributed by atoms with Gasteiger partial charge in [0.25, 0.3) is 0 Å². The molecule has 3 aromatic rings. The zero-order valence-corrected chi connectivity index (χ0v) is 11.1. The molecule has 0 saturated carbocycles. The van der Waals surface area contributed by atoms with E-state index in [4.69, 9.17) is 4.74 Å². The van der Waals surface area contributed by atoms with E-state index in [2.05, 4.69) is 31.0 Å². The molecule has 1 aromatic heterocycles. The quantitative estimate of drug-likeness (QED) is 0.659. The van der Waals surface area contributed by atoms with E-state index >= 15 is 0 Å². The largest absolute Gasteiger partial charge is 0.457 e. The number of pyridine rings is 1. The molecule has 0 aliphatic heterocycles. The maximum atomic E-state index is 5.95. The van der Waals surface area contributed by atoms with Crippen molar-refractivity contribution >= 4 is 10.9 Å². The first-order valence-corrected chi connectivity index (χ1v) is 6.33. The van der Waals surface area contributed by atoms with Crippen molar-refractivity contribution in [2.24, 2.45) is 0 Å². The van der Waals surface area contributed by atoms with Crippen LogP contribution in [-0.2, 0) is 0 Å². The molecule has 2 nitrogen and oxygen atoms in total. The lowest BCUT2D eigenvalue weighted by Gasteiger charge is -2.10. The van der Waals surface area contributed by atoms with Gasteiger partial charge in [-0.15, -0.1) is 0 Å². The zero-order chi connectivity index (χ0) is 13.2. The summed E-state index contributed by atoms with van der Waals surface area (Å²) in [6.07, 6.45) is 1.79. The number of para-hydroxylation sites is 1. The van der Waals surface area contributed by atoms with Crippen molar-refractivity contribution in [3.8, 4) is 11.5 Å². The van der Waals surface area contributed by atoms with Gasteiger partial charge in [-0.3, -0.25) is 4.98 Å². The fourth-order valence-corrected chi connectivity index (χ4v) is 2.08. The van der Waals surface area contributed by atoms with Gasteiger partial charge in [0.05, 0.1) is 5.52 Å². The number of nitrogens with zero attached hydrogens (tertiary/aromatic N) is 1. The molecule has 0 spiro atoms. The molecule has 0 fully saturated rings. The lowest BCUT2D eigenvalue weighted by molar-refractivity contribution is 0.488. The molecule has 0 aliphatic carbocycles. The molecule has 1 heterocycles. The molecular weight excluding hydrogens is 234 g/mol. The van der Waals surface area contributed by atoms with E-state index in [1.165, 1.54) is 11.1 Å². The fraction of sp³-hybridized carbons (Fsp3) is 0.118. The molecule has 0 N–H and O–H groups in total. The summed E-state index contributed by atoms with van der Waals surface area (Å²) in [5.74, 6) is 1.69. The van der Waals surface area contributed by atoms with Gasteiger partial charge in [0.15, 0.2) is 0 Å². The number of hydrogen-bond donors (Lipinski definition) is 0. The molecule has 0 amide bonds. The second-order valence-corrected chi connectivity index (χ2v) is 4.68. The minimum absolute atomic E-state index is 0.841. The van der Waals surface area contributed by atoms with E-state index in [0.717, 1.165) is 22.4 Å². The van der Waals surface area contributed by atoms with E-state index in [-0.39, 0.29) is 0 Å². The molecule has 0 radical (unpaired) electrons. The molecule has 19 heavy (non-hydrogen) atoms. The Morgan fingerprint density at radius 3 is 2.42 bits per heavy atom. The van der Waals surface area contributed by atoms with E-state index in [0.29, 0.717) is 0 Å². The molecule has 3 rings (SSSR count). The Bertz CT molecular complexity index is 720. The maximum Gasteiger partial charge on any atom is 0.138 e. The Morgan fingerprint density at radius 1 is 0.895 bits per heavy atom. The summed E-state index contributed by atoms with van der Waals surface area (Å²) in [4.78, 5) is 4.41. The molecule has 0 bridgehead atoms. The Balaban J connectivity index is 2.11. The van der Waals surface area contributed by atoms with Crippen LogP contribution in [0.5, 0.6) is 11.5 Å². The number of hydrogen-bond acceptors (Lipinski definition) is 2. The lowest BCUT2D eigenvalue weighted by atomic mass is 10.1. The van der Waals surface area contributed by atoms with Crippen molar-refractivity contribution in [2.45, 2.75) is 13.8 Å². The van der Waals surface area contributed by atoms with Gasteiger partial charge in [-0.05, 0) is 55.3 Å². The minimum atomic E-state index is 0.841. The van der Waals surface area contributed by atoms with Gasteiger partial charge >= 0.3 is 0 Å². The lowest BCUT2D eigenvalue weighted by Crippen LogP contribution is -1.90. The van der Waals surface area contributed by atoms with Crippen LogP contribution >= 0.6 is 0 Å². The van der Waals surface area contributed by atoms with Crippen LogP contribution in [0.25, 0.3) is 10.9 Å². The van der Waals surface area contributed by atoms with Crippen LogP contribution in [0.1, 0.15) is 11.1 Å². The number of ether oxygens (including phenoxy) is 1. The van der Waals surface area contributed by atoms with Crippen LogP contribution in [0, 0.1) is 13.8 Å². The highest BCUT2D eigenvalue weighted by molar-refractivity contribution is 5.86. The summed E-state index contributed by atoms with van der Waals surface area (Å²) in [6, 6.07) is 16.0. The van der Waals surface area contributed by atoms with Gasteiger partial charge in [0, 0.05) is 11.6 Å². The van der Waals surface area contributed by atoms with Crippen LogP contribution < -0.4 is 4.74 Å². The third-order valence-electron chi connectivity index (χ3n) is 3.29. The first-order valence-electron chi connectivity index (χ1n) is 6.33. The maximum absolute atomic E-state index is 5.95. The first kappa shape index (κ1) is 11.7. The summed E-state index contributed by atoms with van der Waals surface area (Å²) < 4.78 is 5.95. The topological polar surface area (TPSA) is 22.1 Å². The Labute approximate surface area is 112 Å². The van der Waals surface area contributed by atoms with Crippen LogP contribution in [0.2, 0.25) is 0 Å². The van der Waals surface area contributed by atoms with Gasteiger partial charge in [-0.1, -0.05) is 18.2 Å². The second kappa shape index (κ2) is 4.73. The Hall–Kier alpha value is -2.35. The van der Waals surface area contributed by atoms with Gasteiger partial charge < -0.3 is 4.74 Å². The van der Waals surface area contributed by atoms with E-state index in [1.807, 2.05) is 36.4 Å². The third kappa shape index (κ3) is 2.29. The van der Waals surface area contributed by atoms with Crippen molar-refractivity contribution in [2.75, 3.05) is 0 Å². The summed E-state index contributed by atoms with van der Waals surface area (Å²) in [6.45, 7) is 4.20. The standard InChI is InChI=1S/C17H15NO/c1-12-10-15-16(11-13(12)2)18-9-8-17(15)19-14-6-4-3-5-7-14/h3-11H,1-2H3. The number of rotatable bonds is 2. The number of aromatic nitrogens is 1. The minimum Gasteiger partial charge on any atom is -0.457 e. The highest BCUT2D eigenvalue weighted by Crippen LogP contribution is 2.30. The average molecular weight is 249 g/mol. The molecular formula is C17H15NO. The average Bonchev–Trinajstić information content (AvgIpc) is 2.42. The van der Waals surface area contributed by atoms with Crippen LogP contribution in [0.4, 0.5) is 0 Å². The normalized spacial score (nSPS) is 10.6. The predicted octanol–water partition coefficient (Wildman–Crippen LogP) is 4.64. The smallest absolute Gasteiger partial charge is 0.138 e. The molecule has 0 unspecified atom stereocenters. The third-order valence-corrected chi connectivity index (χ3v) is 3.29. The summed E-state index contributed by atoms with van der Waals surface area (Å²) >= 11 is 0. The van der Waals surface area contributed by atoms with Crippen LogP contribution in [0.3, 0.4) is 0 Å². The Morgan fingerprint density at radius 2 is 1.63 bits per heavy atom. The van der Waals surface area contributed by atoms with E-state index in [9.17, 15) is 0 Å². The molecule has 94 valence electrons. The van der Waals surface area contributed by atoms with Crippen molar-refractivity contribution in [3.63, 3.8) is 0 Å². The van der Waals surface area contributed by atoms with Gasteiger partial charge in [0.2, 0.25) is 0 Å². The summed E-state index contributed by atoms with van der Waals surface area (Å²) in [7, 11) is 0. The molecule has 0 saturated heterocycles. The Kier molecular flexibility index (Phi) is 2.92. The SMILES string of the molecule is Cc1cc2nccc(Oc3ccccc3)c2cc1C. The number of benzene rings is 2. The van der Waals surface area contributed by atoms with Gasteiger partial charge in [0.1, 0.15) is 11.5 Å². The van der Waals surface area contributed by atoms with Crippen molar-refractivity contribution in [1.29, 1.82) is 0 Å². The monoisotopic (exact) mass is 249 g/mol. The van der Waals surface area contributed by atoms with Crippen molar-refractivity contribution in [1.82, 2.24) is 4.98 Å². The number of aryl methyl sites for hydroxylation is 2. The molecule has 2 aromatic carbocycles. The predicted molar refractivity (Wildman–Crippen MR) is 77.7 cm³/mol. The van der Waals surface area contributed by atoms with E-state index < -0.39 is 0 Å². The van der Waals surface area contributed by atoms with Gasteiger partial charge in [-0.25, -0.2) is 0 Å². The van der Waals surface area contributed by atoms with Crippen LogP contribution in [-0.4, -0.2) is 4.98 Å². The molecule has 0 atom stereocenters. The fourth-order valence-electron chi connectivity index (χ4n) is 2.08. The number of fused-ring (bicyclic) bond motifs is 1. The van der Waals surface area contributed by atoms with Crippen molar-refractivity contribution in [3.05, 3.63) is 65.9 Å². The van der Waals surface area contributed by atoms with Gasteiger partial charge in [-0.2, -0.15) is 0 Å². The molecule has 2 heteroatoms. The zero-order valence-electron chi connectivity index (χ0n) is 11.1. The highest BCUT2D eigenvalue weighted by Gasteiger charge is 2.06. The second-order valence-electron chi connectivity index (χ2n) is 4.68. The van der Waals surface area contributed by atoms with E-state index in [1.54, 1.807) is 6.20 Å². The van der Waals surface area contributed by atoms with Crippen LogP contribution in [0.15, 0.2) is 54.7 Å². The first-order chi connectivity index (χ1) is 9.24.